The molecule has 84 valence electrons. The molecule has 4 heteroatoms. The van der Waals surface area contributed by atoms with E-state index in [4.69, 9.17) is 5.84 Å². The van der Waals surface area contributed by atoms with Crippen molar-refractivity contribution in [1.29, 1.82) is 0 Å². The number of halogens is 1. The maximum absolute atomic E-state index is 13.0. The Morgan fingerprint density at radius 2 is 2.00 bits per heavy atom. The highest BCUT2D eigenvalue weighted by Gasteiger charge is 2.21. The highest BCUT2D eigenvalue weighted by molar-refractivity contribution is 5.15. The van der Waals surface area contributed by atoms with Crippen molar-refractivity contribution in [2.75, 3.05) is 0 Å². The lowest BCUT2D eigenvalue weighted by Crippen LogP contribution is -2.34. The van der Waals surface area contributed by atoms with Gasteiger partial charge in [-0.3, -0.25) is 16.3 Å². The lowest BCUT2D eigenvalue weighted by molar-refractivity contribution is 0.305. The molecule has 2 atom stereocenters. The molecule has 0 saturated heterocycles. The van der Waals surface area contributed by atoms with Crippen LogP contribution in [0.5, 0.6) is 0 Å². The Balaban J connectivity index is 2.92. The standard InChI is InChI=1S/C11H18FN3/c1-7(2)8(3)11(15-13)9-4-10(12)6-14-5-9/h4-8,11,15H,13H2,1-3H3. The van der Waals surface area contributed by atoms with Crippen LogP contribution in [0.25, 0.3) is 0 Å². The highest BCUT2D eigenvalue weighted by atomic mass is 19.1. The van der Waals surface area contributed by atoms with Crippen molar-refractivity contribution in [3.63, 3.8) is 0 Å². The molecule has 15 heavy (non-hydrogen) atoms. The second-order valence-corrected chi connectivity index (χ2v) is 4.18. The molecule has 3 nitrogen and oxygen atoms in total. The third kappa shape index (κ3) is 2.97. The number of nitrogens with two attached hydrogens (primary N) is 1. The van der Waals surface area contributed by atoms with E-state index in [1.807, 2.05) is 0 Å². The number of hydrazine groups is 1. The molecule has 0 radical (unpaired) electrons. The Morgan fingerprint density at radius 3 is 2.47 bits per heavy atom. The average Bonchev–Trinajstić information content (AvgIpc) is 2.18. The number of hydrogen-bond donors (Lipinski definition) is 2. The van der Waals surface area contributed by atoms with Crippen molar-refractivity contribution in [2.45, 2.75) is 26.8 Å². The first kappa shape index (κ1) is 12.1. The van der Waals surface area contributed by atoms with Crippen LogP contribution in [0.15, 0.2) is 18.5 Å². The van der Waals surface area contributed by atoms with Gasteiger partial charge in [-0.05, 0) is 23.5 Å². The third-order valence-electron chi connectivity index (χ3n) is 2.84. The van der Waals surface area contributed by atoms with E-state index in [1.165, 1.54) is 12.3 Å². The maximum Gasteiger partial charge on any atom is 0.141 e. The van der Waals surface area contributed by atoms with Crippen LogP contribution < -0.4 is 11.3 Å². The van der Waals surface area contributed by atoms with Crippen molar-refractivity contribution in [1.82, 2.24) is 10.4 Å². The monoisotopic (exact) mass is 211 g/mol. The Labute approximate surface area is 89.9 Å². The fourth-order valence-corrected chi connectivity index (χ4v) is 1.53. The summed E-state index contributed by atoms with van der Waals surface area (Å²) >= 11 is 0. The second kappa shape index (κ2) is 5.19. The van der Waals surface area contributed by atoms with Gasteiger partial charge in [-0.15, -0.1) is 0 Å². The lowest BCUT2D eigenvalue weighted by atomic mass is 9.87. The summed E-state index contributed by atoms with van der Waals surface area (Å²) in [7, 11) is 0. The summed E-state index contributed by atoms with van der Waals surface area (Å²) in [5, 5.41) is 0. The Bertz CT molecular complexity index is 314. The van der Waals surface area contributed by atoms with Gasteiger partial charge < -0.3 is 0 Å². The molecular weight excluding hydrogens is 193 g/mol. The van der Waals surface area contributed by atoms with Crippen molar-refractivity contribution >= 4 is 0 Å². The van der Waals surface area contributed by atoms with Gasteiger partial charge in [0.15, 0.2) is 0 Å². The van der Waals surface area contributed by atoms with Gasteiger partial charge in [-0.2, -0.15) is 0 Å². The predicted molar refractivity (Wildman–Crippen MR) is 58.3 cm³/mol. The molecule has 1 aromatic rings. The molecule has 0 aromatic carbocycles. The first-order valence-corrected chi connectivity index (χ1v) is 5.12. The van der Waals surface area contributed by atoms with Crippen LogP contribution in [0.1, 0.15) is 32.4 Å². The summed E-state index contributed by atoms with van der Waals surface area (Å²) < 4.78 is 13.0. The first-order chi connectivity index (χ1) is 7.06. The van der Waals surface area contributed by atoms with Crippen molar-refractivity contribution < 1.29 is 4.39 Å². The second-order valence-electron chi connectivity index (χ2n) is 4.18. The molecule has 0 fully saturated rings. The normalized spacial score (nSPS) is 15.3. The molecule has 3 N–H and O–H groups in total. The van der Waals surface area contributed by atoms with Crippen molar-refractivity contribution in [3.8, 4) is 0 Å². The van der Waals surface area contributed by atoms with Gasteiger partial charge in [-0.25, -0.2) is 4.39 Å². The van der Waals surface area contributed by atoms with Crippen LogP contribution in [0.2, 0.25) is 0 Å². The largest absolute Gasteiger partial charge is 0.271 e. The number of hydrogen-bond acceptors (Lipinski definition) is 3. The molecule has 0 amide bonds. The number of rotatable bonds is 4. The molecule has 0 aliphatic heterocycles. The minimum Gasteiger partial charge on any atom is -0.271 e. The Hall–Kier alpha value is -1.00. The van der Waals surface area contributed by atoms with E-state index < -0.39 is 0 Å². The topological polar surface area (TPSA) is 50.9 Å². The summed E-state index contributed by atoms with van der Waals surface area (Å²) in [5.74, 6) is 5.95. The van der Waals surface area contributed by atoms with E-state index in [-0.39, 0.29) is 11.9 Å². The number of nitrogens with zero attached hydrogens (tertiary/aromatic N) is 1. The maximum atomic E-state index is 13.0. The molecule has 1 rings (SSSR count). The van der Waals surface area contributed by atoms with Crippen LogP contribution >= 0.6 is 0 Å². The van der Waals surface area contributed by atoms with E-state index in [0.29, 0.717) is 11.8 Å². The van der Waals surface area contributed by atoms with Gasteiger partial charge in [0.2, 0.25) is 0 Å². The van der Waals surface area contributed by atoms with Crippen LogP contribution in [0, 0.1) is 17.7 Å². The smallest absolute Gasteiger partial charge is 0.141 e. The third-order valence-corrected chi connectivity index (χ3v) is 2.84. The van der Waals surface area contributed by atoms with Crippen LogP contribution in [0.3, 0.4) is 0 Å². The van der Waals surface area contributed by atoms with Gasteiger partial charge in [0.25, 0.3) is 0 Å². The lowest BCUT2D eigenvalue weighted by Gasteiger charge is -2.26. The minimum atomic E-state index is -0.330. The Kier molecular flexibility index (Phi) is 4.17. The molecule has 0 aliphatic rings. The van der Waals surface area contributed by atoms with Gasteiger partial charge in [0.05, 0.1) is 12.2 Å². The molecule has 2 unspecified atom stereocenters. The van der Waals surface area contributed by atoms with E-state index in [1.54, 1.807) is 6.20 Å². The molecule has 0 aliphatic carbocycles. The fourth-order valence-electron chi connectivity index (χ4n) is 1.53. The van der Waals surface area contributed by atoms with E-state index in [2.05, 4.69) is 31.2 Å². The zero-order valence-electron chi connectivity index (χ0n) is 9.37. The summed E-state index contributed by atoms with van der Waals surface area (Å²) in [6.07, 6.45) is 2.84. The van der Waals surface area contributed by atoms with Crippen LogP contribution in [-0.4, -0.2) is 4.98 Å². The zero-order valence-corrected chi connectivity index (χ0v) is 9.37. The van der Waals surface area contributed by atoms with E-state index >= 15 is 0 Å². The number of pyridine rings is 1. The predicted octanol–water partition coefficient (Wildman–Crippen LogP) is 2.02. The summed E-state index contributed by atoms with van der Waals surface area (Å²) in [6.45, 7) is 6.31. The van der Waals surface area contributed by atoms with Gasteiger partial charge in [-0.1, -0.05) is 20.8 Å². The zero-order chi connectivity index (χ0) is 11.4. The van der Waals surface area contributed by atoms with Gasteiger partial charge in [0.1, 0.15) is 5.82 Å². The van der Waals surface area contributed by atoms with E-state index in [9.17, 15) is 4.39 Å². The minimum absolute atomic E-state index is 0.0619. The molecule has 1 aromatic heterocycles. The van der Waals surface area contributed by atoms with Crippen LogP contribution in [-0.2, 0) is 0 Å². The molecular formula is C11H18FN3. The van der Waals surface area contributed by atoms with Gasteiger partial charge in [0, 0.05) is 6.20 Å². The quantitative estimate of drug-likeness (QED) is 0.591. The first-order valence-electron chi connectivity index (χ1n) is 5.12. The summed E-state index contributed by atoms with van der Waals surface area (Å²) in [4.78, 5) is 3.82. The summed E-state index contributed by atoms with van der Waals surface area (Å²) in [5.41, 5.74) is 3.51. The summed E-state index contributed by atoms with van der Waals surface area (Å²) in [6, 6.07) is 1.41. The Morgan fingerprint density at radius 1 is 1.33 bits per heavy atom. The SMILES string of the molecule is CC(C)C(C)C(NN)c1cncc(F)c1. The molecule has 0 spiro atoms. The van der Waals surface area contributed by atoms with Crippen molar-refractivity contribution in [2.24, 2.45) is 17.7 Å². The number of aromatic nitrogens is 1. The fraction of sp³-hybridized carbons (Fsp3) is 0.545. The molecule has 0 saturated carbocycles. The van der Waals surface area contributed by atoms with Gasteiger partial charge >= 0.3 is 0 Å². The number of nitrogens with one attached hydrogen (secondary N) is 1. The highest BCUT2D eigenvalue weighted by Crippen LogP contribution is 2.26. The van der Waals surface area contributed by atoms with Crippen LogP contribution in [0.4, 0.5) is 4.39 Å². The average molecular weight is 211 g/mol. The van der Waals surface area contributed by atoms with E-state index in [0.717, 1.165) is 5.56 Å². The van der Waals surface area contributed by atoms with Crippen molar-refractivity contribution in [3.05, 3.63) is 29.8 Å². The molecule has 1 heterocycles. The molecule has 0 bridgehead atoms.